The standard InChI is InChI=1S/C25H34N5O8P/c1-16(21(32)35-15-24(2,3)4)29-39(34,38-17-9-7-6-8-10-17)36-13-18-20(31)25(5,14-26)22(37-18)30-12-11-19(27)28-23(30)33/h6-12,16,18,20,22,31H,13,15H2,1-5H3,(H,29,34)(H2,27,28,33)/t16-,18+,20+,22-,25+,39?/m0/s1. The summed E-state index contributed by atoms with van der Waals surface area (Å²) in [6.07, 6.45) is -2.62. The molecule has 1 aromatic heterocycles. The number of carbonyl (C=O) groups is 1. The van der Waals surface area contributed by atoms with Crippen LogP contribution in [0.15, 0.2) is 47.4 Å². The molecule has 1 unspecified atom stereocenters. The third-order valence-electron chi connectivity index (χ3n) is 5.86. The van der Waals surface area contributed by atoms with Gasteiger partial charge in [-0.15, -0.1) is 0 Å². The van der Waals surface area contributed by atoms with Gasteiger partial charge in [-0.05, 0) is 37.5 Å². The highest BCUT2D eigenvalue weighted by molar-refractivity contribution is 7.52. The molecular weight excluding hydrogens is 529 g/mol. The van der Waals surface area contributed by atoms with Crippen LogP contribution in [0.3, 0.4) is 0 Å². The van der Waals surface area contributed by atoms with Crippen molar-refractivity contribution in [1.82, 2.24) is 14.6 Å². The normalized spacial score (nSPS) is 25.3. The minimum atomic E-state index is -4.27. The van der Waals surface area contributed by atoms with E-state index in [1.54, 1.807) is 30.3 Å². The number of hydrogen-bond donors (Lipinski definition) is 3. The number of nitrogen functional groups attached to an aromatic ring is 1. The fourth-order valence-electron chi connectivity index (χ4n) is 3.71. The summed E-state index contributed by atoms with van der Waals surface area (Å²) in [5, 5.41) is 23.4. The fraction of sp³-hybridized carbons (Fsp3) is 0.520. The van der Waals surface area contributed by atoms with Crippen LogP contribution >= 0.6 is 7.75 Å². The van der Waals surface area contributed by atoms with Gasteiger partial charge in [0.2, 0.25) is 0 Å². The van der Waals surface area contributed by atoms with Crippen LogP contribution in [0.2, 0.25) is 0 Å². The lowest BCUT2D eigenvalue weighted by molar-refractivity contribution is -0.148. The number of nitrogens with one attached hydrogen (secondary N) is 1. The Kier molecular flexibility index (Phi) is 9.20. The average molecular weight is 564 g/mol. The third-order valence-corrected chi connectivity index (χ3v) is 7.50. The summed E-state index contributed by atoms with van der Waals surface area (Å²) in [7, 11) is -4.27. The van der Waals surface area contributed by atoms with Crippen molar-refractivity contribution in [3.63, 3.8) is 0 Å². The van der Waals surface area contributed by atoms with E-state index >= 15 is 0 Å². The summed E-state index contributed by atoms with van der Waals surface area (Å²) in [6.45, 7) is 8.17. The van der Waals surface area contributed by atoms with Gasteiger partial charge in [-0.25, -0.2) is 9.36 Å². The number of nitriles is 1. The Labute approximate surface area is 226 Å². The van der Waals surface area contributed by atoms with E-state index in [0.717, 1.165) is 4.57 Å². The number of anilines is 1. The van der Waals surface area contributed by atoms with Crippen LogP contribution in [-0.2, 0) is 23.4 Å². The second kappa shape index (κ2) is 11.9. The fourth-order valence-corrected chi connectivity index (χ4v) is 5.21. The predicted molar refractivity (Wildman–Crippen MR) is 140 cm³/mol. The maximum Gasteiger partial charge on any atom is 0.459 e. The highest BCUT2D eigenvalue weighted by Crippen LogP contribution is 2.48. The number of nitrogens with two attached hydrogens (primary N) is 1. The Bertz CT molecular complexity index is 1310. The van der Waals surface area contributed by atoms with E-state index < -0.39 is 55.9 Å². The number of carbonyl (C=O) groups excluding carboxylic acids is 1. The summed E-state index contributed by atoms with van der Waals surface area (Å²) in [5.41, 5.74) is 2.90. The van der Waals surface area contributed by atoms with Crippen molar-refractivity contribution in [3.05, 3.63) is 53.1 Å². The molecule has 0 aliphatic carbocycles. The van der Waals surface area contributed by atoms with Crippen molar-refractivity contribution in [1.29, 1.82) is 5.26 Å². The van der Waals surface area contributed by atoms with Gasteiger partial charge < -0.3 is 24.8 Å². The van der Waals surface area contributed by atoms with Crippen molar-refractivity contribution in [2.45, 2.75) is 59.1 Å². The van der Waals surface area contributed by atoms with Gasteiger partial charge in [-0.3, -0.25) is 13.9 Å². The molecule has 2 aromatic rings. The summed E-state index contributed by atoms with van der Waals surface area (Å²) in [6, 6.07) is 10.4. The Balaban J connectivity index is 1.81. The van der Waals surface area contributed by atoms with E-state index in [4.69, 9.17) is 24.3 Å². The molecular formula is C25H34N5O8P. The van der Waals surface area contributed by atoms with Gasteiger partial charge in [0.25, 0.3) is 0 Å². The molecule has 1 fully saturated rings. The van der Waals surface area contributed by atoms with Crippen LogP contribution < -0.4 is 21.0 Å². The molecule has 0 radical (unpaired) electrons. The first kappa shape index (κ1) is 30.3. The number of rotatable bonds is 10. The van der Waals surface area contributed by atoms with Crippen molar-refractivity contribution in [2.24, 2.45) is 10.8 Å². The Morgan fingerprint density at radius 2 is 2.03 bits per heavy atom. The number of hydrogen-bond acceptors (Lipinski definition) is 11. The van der Waals surface area contributed by atoms with Gasteiger partial charge in [0, 0.05) is 6.20 Å². The van der Waals surface area contributed by atoms with Crippen molar-refractivity contribution < 1.29 is 33.0 Å². The van der Waals surface area contributed by atoms with Crippen molar-refractivity contribution in [3.8, 4) is 11.8 Å². The first-order valence-electron chi connectivity index (χ1n) is 12.2. The Hall–Kier alpha value is -3.27. The average Bonchev–Trinajstić information content (AvgIpc) is 3.11. The summed E-state index contributed by atoms with van der Waals surface area (Å²) >= 11 is 0. The largest absolute Gasteiger partial charge is 0.464 e. The zero-order valence-electron chi connectivity index (χ0n) is 22.4. The van der Waals surface area contributed by atoms with Gasteiger partial charge in [-0.2, -0.15) is 15.3 Å². The van der Waals surface area contributed by atoms with Crippen LogP contribution in [0.1, 0.15) is 40.8 Å². The van der Waals surface area contributed by atoms with E-state index in [-0.39, 0.29) is 23.6 Å². The molecule has 6 atom stereocenters. The number of para-hydroxylation sites is 1. The zero-order valence-corrected chi connectivity index (χ0v) is 23.3. The maximum atomic E-state index is 13.8. The van der Waals surface area contributed by atoms with Crippen LogP contribution in [0.4, 0.5) is 5.82 Å². The van der Waals surface area contributed by atoms with Crippen LogP contribution in [0.25, 0.3) is 0 Å². The summed E-state index contributed by atoms with van der Waals surface area (Å²) in [5.74, 6) is -0.501. The van der Waals surface area contributed by atoms with Gasteiger partial charge in [0.1, 0.15) is 35.2 Å². The highest BCUT2D eigenvalue weighted by Gasteiger charge is 2.55. The SMILES string of the molecule is C[C@H](NP(=O)(OC[C@H]1O[C@H](n2ccc(N)nc2=O)[C@](C)(C#N)[C@@H]1O)Oc1ccccc1)C(=O)OCC(C)(C)C. The molecule has 3 rings (SSSR count). The van der Waals surface area contributed by atoms with Crippen molar-refractivity contribution >= 4 is 19.5 Å². The summed E-state index contributed by atoms with van der Waals surface area (Å²) in [4.78, 5) is 28.6. The van der Waals surface area contributed by atoms with Crippen LogP contribution in [0, 0.1) is 22.2 Å². The molecule has 1 saturated heterocycles. The molecule has 14 heteroatoms. The quantitative estimate of drug-likeness (QED) is 0.283. The molecule has 0 amide bonds. The molecule has 4 N–H and O–H groups in total. The zero-order chi connectivity index (χ0) is 29.0. The number of esters is 1. The van der Waals surface area contributed by atoms with Crippen LogP contribution in [0.5, 0.6) is 5.75 Å². The minimum Gasteiger partial charge on any atom is -0.464 e. The van der Waals surface area contributed by atoms with E-state index in [0.29, 0.717) is 0 Å². The number of aliphatic hydroxyl groups excluding tert-OH is 1. The second-order valence-corrected chi connectivity index (χ2v) is 12.3. The first-order chi connectivity index (χ1) is 18.2. The van der Waals surface area contributed by atoms with Gasteiger partial charge >= 0.3 is 19.4 Å². The summed E-state index contributed by atoms with van der Waals surface area (Å²) < 4.78 is 37.2. The number of ether oxygens (including phenoxy) is 2. The van der Waals surface area contributed by atoms with Gasteiger partial charge in [0.15, 0.2) is 6.23 Å². The predicted octanol–water partition coefficient (Wildman–Crippen LogP) is 2.38. The van der Waals surface area contributed by atoms with E-state index in [1.165, 1.54) is 26.1 Å². The lowest BCUT2D eigenvalue weighted by Crippen LogP contribution is -2.40. The molecule has 0 spiro atoms. The first-order valence-corrected chi connectivity index (χ1v) is 13.7. The molecule has 39 heavy (non-hydrogen) atoms. The van der Waals surface area contributed by atoms with Gasteiger partial charge in [-0.1, -0.05) is 39.0 Å². The Morgan fingerprint density at radius 1 is 1.36 bits per heavy atom. The number of benzene rings is 1. The van der Waals surface area contributed by atoms with E-state index in [2.05, 4.69) is 10.1 Å². The molecule has 13 nitrogen and oxygen atoms in total. The molecule has 1 aliphatic rings. The molecule has 0 bridgehead atoms. The molecule has 1 aliphatic heterocycles. The molecule has 2 heterocycles. The van der Waals surface area contributed by atoms with E-state index in [1.807, 2.05) is 26.8 Å². The topological polar surface area (TPSA) is 188 Å². The minimum absolute atomic E-state index is 0.0199. The molecule has 0 saturated carbocycles. The van der Waals surface area contributed by atoms with E-state index in [9.17, 15) is 24.5 Å². The second-order valence-electron chi connectivity index (χ2n) is 10.6. The number of aromatic nitrogens is 2. The van der Waals surface area contributed by atoms with Gasteiger partial charge in [0.05, 0.1) is 19.3 Å². The third kappa shape index (κ3) is 7.44. The smallest absolute Gasteiger partial charge is 0.459 e. The lowest BCUT2D eigenvalue weighted by Gasteiger charge is -2.26. The Morgan fingerprint density at radius 3 is 2.62 bits per heavy atom. The lowest BCUT2D eigenvalue weighted by atomic mass is 9.84. The number of nitrogens with zero attached hydrogens (tertiary/aromatic N) is 3. The number of aliphatic hydroxyl groups is 1. The molecule has 1 aromatic carbocycles. The monoisotopic (exact) mass is 563 g/mol. The molecule has 212 valence electrons. The maximum absolute atomic E-state index is 13.8. The van der Waals surface area contributed by atoms with Crippen LogP contribution in [-0.4, -0.2) is 52.1 Å². The van der Waals surface area contributed by atoms with Crippen molar-refractivity contribution in [2.75, 3.05) is 18.9 Å². The highest BCUT2D eigenvalue weighted by atomic mass is 31.2.